The lowest BCUT2D eigenvalue weighted by Gasteiger charge is -2.04. The van der Waals surface area contributed by atoms with Crippen molar-refractivity contribution in [3.05, 3.63) is 52.6 Å². The van der Waals surface area contributed by atoms with E-state index in [2.05, 4.69) is 22.4 Å². The summed E-state index contributed by atoms with van der Waals surface area (Å²) in [5.74, 6) is 0.941. The molecule has 1 heterocycles. The molecule has 1 aromatic heterocycles. The number of nitrogens with zero attached hydrogens (tertiary/aromatic N) is 1. The number of aryl methyl sites for hydroxylation is 1. The number of benzene rings is 1. The van der Waals surface area contributed by atoms with Gasteiger partial charge in [0.25, 0.3) is 0 Å². The number of hydroxylamine groups is 1. The Morgan fingerprint density at radius 1 is 1.30 bits per heavy atom. The minimum absolute atomic E-state index is 0.519. The van der Waals surface area contributed by atoms with Crippen molar-refractivity contribution in [3.63, 3.8) is 0 Å². The third-order valence-electron chi connectivity index (χ3n) is 2.98. The van der Waals surface area contributed by atoms with Gasteiger partial charge in [0.1, 0.15) is 5.82 Å². The lowest BCUT2D eigenvalue weighted by molar-refractivity contribution is 0.0229. The fourth-order valence-corrected chi connectivity index (χ4v) is 2.07. The molecule has 0 unspecified atom stereocenters. The van der Waals surface area contributed by atoms with E-state index in [0.29, 0.717) is 18.3 Å². The Morgan fingerprint density at radius 3 is 2.85 bits per heavy atom. The van der Waals surface area contributed by atoms with Crippen molar-refractivity contribution in [3.8, 4) is 0 Å². The van der Waals surface area contributed by atoms with Gasteiger partial charge in [0, 0.05) is 6.42 Å². The van der Waals surface area contributed by atoms with Gasteiger partial charge in [-0.2, -0.15) is 5.48 Å². The van der Waals surface area contributed by atoms with Crippen LogP contribution < -0.4 is 5.48 Å². The Kier molecular flexibility index (Phi) is 6.05. The van der Waals surface area contributed by atoms with Gasteiger partial charge in [-0.05, 0) is 12.0 Å². The maximum atomic E-state index is 6.08. The Bertz CT molecular complexity index is 513. The van der Waals surface area contributed by atoms with Crippen molar-refractivity contribution in [2.24, 2.45) is 0 Å². The predicted octanol–water partition coefficient (Wildman–Crippen LogP) is 3.63. The summed E-state index contributed by atoms with van der Waals surface area (Å²) < 4.78 is 0. The minimum Gasteiger partial charge on any atom is -0.343 e. The van der Waals surface area contributed by atoms with Crippen molar-refractivity contribution in [2.45, 2.75) is 39.3 Å². The van der Waals surface area contributed by atoms with Crippen LogP contribution in [0.3, 0.4) is 0 Å². The molecule has 0 aliphatic rings. The van der Waals surface area contributed by atoms with E-state index in [9.17, 15) is 0 Å². The van der Waals surface area contributed by atoms with E-state index < -0.39 is 0 Å². The molecular weight excluding hydrogens is 274 g/mol. The van der Waals surface area contributed by atoms with Gasteiger partial charge in [-0.1, -0.05) is 55.3 Å². The molecule has 0 saturated carbocycles. The van der Waals surface area contributed by atoms with Crippen LogP contribution in [0.1, 0.15) is 36.8 Å². The monoisotopic (exact) mass is 293 g/mol. The molecule has 0 fully saturated rings. The number of nitrogens with one attached hydrogen (secondary N) is 2. The molecule has 108 valence electrons. The summed E-state index contributed by atoms with van der Waals surface area (Å²) >= 11 is 6.08. The van der Waals surface area contributed by atoms with E-state index in [1.54, 1.807) is 0 Å². The Balaban J connectivity index is 1.75. The van der Waals surface area contributed by atoms with Crippen molar-refractivity contribution in [2.75, 3.05) is 0 Å². The quantitative estimate of drug-likeness (QED) is 0.577. The molecule has 5 heteroatoms. The minimum atomic E-state index is 0.519. The molecule has 0 saturated heterocycles. The van der Waals surface area contributed by atoms with Crippen LogP contribution >= 0.6 is 11.6 Å². The number of imidazole rings is 1. The first kappa shape index (κ1) is 15.0. The molecule has 0 radical (unpaired) electrons. The molecule has 0 spiro atoms. The molecule has 4 nitrogen and oxygen atoms in total. The van der Waals surface area contributed by atoms with Gasteiger partial charge >= 0.3 is 0 Å². The summed E-state index contributed by atoms with van der Waals surface area (Å²) in [6.07, 6.45) is 3.19. The summed E-state index contributed by atoms with van der Waals surface area (Å²) in [7, 11) is 0. The number of aromatic nitrogens is 2. The Hall–Kier alpha value is -1.36. The van der Waals surface area contributed by atoms with Crippen molar-refractivity contribution in [1.29, 1.82) is 0 Å². The zero-order chi connectivity index (χ0) is 14.2. The highest BCUT2D eigenvalue weighted by molar-refractivity contribution is 6.30. The summed E-state index contributed by atoms with van der Waals surface area (Å²) in [6.45, 7) is 3.20. The van der Waals surface area contributed by atoms with E-state index in [1.807, 2.05) is 30.3 Å². The summed E-state index contributed by atoms with van der Waals surface area (Å²) in [4.78, 5) is 12.9. The van der Waals surface area contributed by atoms with E-state index >= 15 is 0 Å². The number of hydrogen-bond donors (Lipinski definition) is 2. The van der Waals surface area contributed by atoms with Gasteiger partial charge in [0.05, 0.1) is 18.8 Å². The average Bonchev–Trinajstić information content (AvgIpc) is 2.83. The number of unbranched alkanes of at least 4 members (excludes halogenated alkanes) is 1. The van der Waals surface area contributed by atoms with E-state index in [-0.39, 0.29) is 0 Å². The summed E-state index contributed by atoms with van der Waals surface area (Å²) in [6, 6.07) is 10.0. The predicted molar refractivity (Wildman–Crippen MR) is 80.3 cm³/mol. The fraction of sp³-hybridized carbons (Fsp3) is 0.400. The summed E-state index contributed by atoms with van der Waals surface area (Å²) in [5, 5.41) is 0.520. The van der Waals surface area contributed by atoms with Crippen LogP contribution in [0.25, 0.3) is 0 Å². The van der Waals surface area contributed by atoms with E-state index in [0.717, 1.165) is 36.3 Å². The maximum absolute atomic E-state index is 6.08. The van der Waals surface area contributed by atoms with Crippen LogP contribution in [0.4, 0.5) is 0 Å². The molecule has 20 heavy (non-hydrogen) atoms. The first-order valence-electron chi connectivity index (χ1n) is 6.91. The first-order chi connectivity index (χ1) is 9.79. The second-order valence-electron chi connectivity index (χ2n) is 4.65. The normalized spacial score (nSPS) is 10.9. The fourth-order valence-electron chi connectivity index (χ4n) is 1.85. The van der Waals surface area contributed by atoms with Gasteiger partial charge in [-0.15, -0.1) is 0 Å². The van der Waals surface area contributed by atoms with Crippen LogP contribution in [0.15, 0.2) is 30.3 Å². The molecule has 0 aliphatic carbocycles. The second kappa shape index (κ2) is 8.04. The lowest BCUT2D eigenvalue weighted by atomic mass is 10.2. The molecule has 0 amide bonds. The molecule has 1 aromatic carbocycles. The molecule has 0 bridgehead atoms. The van der Waals surface area contributed by atoms with Gasteiger partial charge < -0.3 is 4.98 Å². The lowest BCUT2D eigenvalue weighted by Crippen LogP contribution is -2.14. The molecule has 2 aromatic rings. The molecule has 2 N–H and O–H groups in total. The van der Waals surface area contributed by atoms with Gasteiger partial charge in [0.2, 0.25) is 0 Å². The van der Waals surface area contributed by atoms with Crippen molar-refractivity contribution >= 4 is 11.6 Å². The van der Waals surface area contributed by atoms with Gasteiger partial charge in [-0.25, -0.2) is 4.98 Å². The van der Waals surface area contributed by atoms with E-state index in [4.69, 9.17) is 16.4 Å². The first-order valence-corrected chi connectivity index (χ1v) is 7.29. The van der Waals surface area contributed by atoms with Gasteiger partial charge in [0.15, 0.2) is 5.15 Å². The molecule has 0 atom stereocenters. The zero-order valence-corrected chi connectivity index (χ0v) is 12.4. The highest BCUT2D eigenvalue weighted by Gasteiger charge is 2.07. The SMILES string of the molecule is CCCCc1nc(Cl)c(CNOCc2ccccc2)[nH]1. The number of halogens is 1. The van der Waals surface area contributed by atoms with Crippen LogP contribution in [0, 0.1) is 0 Å². The maximum Gasteiger partial charge on any atom is 0.151 e. The van der Waals surface area contributed by atoms with Crippen LogP contribution in [0.2, 0.25) is 5.15 Å². The van der Waals surface area contributed by atoms with Crippen molar-refractivity contribution < 1.29 is 4.84 Å². The average molecular weight is 294 g/mol. The Labute approximate surface area is 124 Å². The summed E-state index contributed by atoms with van der Waals surface area (Å²) in [5.41, 5.74) is 4.90. The standard InChI is InChI=1S/C15H20ClN3O/c1-2-3-9-14-18-13(15(16)19-14)10-17-20-11-12-7-5-4-6-8-12/h4-8,17H,2-3,9-11H2,1H3,(H,18,19). The highest BCUT2D eigenvalue weighted by Crippen LogP contribution is 2.14. The Morgan fingerprint density at radius 2 is 2.10 bits per heavy atom. The third-order valence-corrected chi connectivity index (χ3v) is 3.29. The van der Waals surface area contributed by atoms with Crippen LogP contribution in [0.5, 0.6) is 0 Å². The third kappa shape index (κ3) is 4.63. The van der Waals surface area contributed by atoms with E-state index in [1.165, 1.54) is 0 Å². The second-order valence-corrected chi connectivity index (χ2v) is 5.01. The van der Waals surface area contributed by atoms with Gasteiger partial charge in [-0.3, -0.25) is 4.84 Å². The smallest absolute Gasteiger partial charge is 0.151 e. The zero-order valence-electron chi connectivity index (χ0n) is 11.7. The highest BCUT2D eigenvalue weighted by atomic mass is 35.5. The number of hydrogen-bond acceptors (Lipinski definition) is 3. The molecule has 0 aliphatic heterocycles. The number of aromatic amines is 1. The molecule has 2 rings (SSSR count). The van der Waals surface area contributed by atoms with Crippen molar-refractivity contribution in [1.82, 2.24) is 15.4 Å². The molecular formula is C15H20ClN3O. The number of H-pyrrole nitrogens is 1. The van der Waals surface area contributed by atoms with Crippen LogP contribution in [-0.4, -0.2) is 9.97 Å². The number of rotatable bonds is 8. The largest absolute Gasteiger partial charge is 0.343 e. The topological polar surface area (TPSA) is 49.9 Å². The van der Waals surface area contributed by atoms with Crippen LogP contribution in [-0.2, 0) is 24.4 Å².